The first-order chi connectivity index (χ1) is 7.24. The highest BCUT2D eigenvalue weighted by Gasteiger charge is 2.03. The number of hydrogen-bond acceptors (Lipinski definition) is 5. The van der Waals surface area contributed by atoms with Gasteiger partial charge in [0.2, 0.25) is 0 Å². The molecule has 0 fully saturated rings. The molecule has 2 aromatic rings. The number of aromatic nitrogens is 3. The van der Waals surface area contributed by atoms with Gasteiger partial charge in [-0.2, -0.15) is 9.97 Å². The molecule has 0 aliphatic rings. The van der Waals surface area contributed by atoms with Crippen LogP contribution in [0.5, 0.6) is 17.8 Å². The van der Waals surface area contributed by atoms with Crippen LogP contribution in [0.2, 0.25) is 0 Å². The summed E-state index contributed by atoms with van der Waals surface area (Å²) < 4.78 is 5.32. The van der Waals surface area contributed by atoms with E-state index in [-0.39, 0.29) is 12.0 Å². The van der Waals surface area contributed by atoms with E-state index in [0.717, 1.165) is 0 Å². The summed E-state index contributed by atoms with van der Waals surface area (Å²) in [6.07, 6.45) is 0. The molecule has 0 aliphatic heterocycles. The van der Waals surface area contributed by atoms with Crippen LogP contribution in [0.15, 0.2) is 30.3 Å². The molecule has 5 nitrogen and oxygen atoms in total. The van der Waals surface area contributed by atoms with Crippen LogP contribution in [0.1, 0.15) is 5.82 Å². The van der Waals surface area contributed by atoms with Crippen LogP contribution in [0.4, 0.5) is 0 Å². The molecule has 0 atom stereocenters. The van der Waals surface area contributed by atoms with Crippen molar-refractivity contribution in [2.24, 2.45) is 0 Å². The lowest BCUT2D eigenvalue weighted by molar-refractivity contribution is 0.386. The average molecular weight is 203 g/mol. The van der Waals surface area contributed by atoms with E-state index in [2.05, 4.69) is 15.0 Å². The van der Waals surface area contributed by atoms with Crippen LogP contribution in [0.25, 0.3) is 0 Å². The van der Waals surface area contributed by atoms with Gasteiger partial charge in [-0.1, -0.05) is 18.2 Å². The first kappa shape index (κ1) is 9.39. The van der Waals surface area contributed by atoms with Crippen LogP contribution in [-0.4, -0.2) is 20.1 Å². The molecule has 76 valence electrons. The van der Waals surface area contributed by atoms with Crippen molar-refractivity contribution >= 4 is 0 Å². The van der Waals surface area contributed by atoms with E-state index in [1.165, 1.54) is 0 Å². The summed E-state index contributed by atoms with van der Waals surface area (Å²) in [5.41, 5.74) is 0. The minimum absolute atomic E-state index is 0.0891. The average Bonchev–Trinajstić information content (AvgIpc) is 2.17. The lowest BCUT2D eigenvalue weighted by Gasteiger charge is -2.03. The largest absolute Gasteiger partial charge is 0.479 e. The van der Waals surface area contributed by atoms with E-state index in [0.29, 0.717) is 11.6 Å². The Bertz CT molecular complexity index is 439. The smallest absolute Gasteiger partial charge is 0.328 e. The summed E-state index contributed by atoms with van der Waals surface area (Å²) in [5, 5.41) is 9.13. The normalized spacial score (nSPS) is 9.93. The Kier molecular flexibility index (Phi) is 2.45. The molecule has 1 heterocycles. The monoisotopic (exact) mass is 203 g/mol. The molecule has 0 radical (unpaired) electrons. The summed E-state index contributed by atoms with van der Waals surface area (Å²) in [6, 6.07) is 8.85. The van der Waals surface area contributed by atoms with Crippen molar-refractivity contribution in [3.63, 3.8) is 0 Å². The molecular formula is C10H9N3O2. The topological polar surface area (TPSA) is 68.1 Å². The molecule has 1 aromatic carbocycles. The summed E-state index contributed by atoms with van der Waals surface area (Å²) in [7, 11) is 0. The van der Waals surface area contributed by atoms with Gasteiger partial charge in [0.25, 0.3) is 0 Å². The number of hydrogen-bond donors (Lipinski definition) is 1. The highest BCUT2D eigenvalue weighted by atomic mass is 16.5. The third-order valence-electron chi connectivity index (χ3n) is 1.67. The number of aryl methyl sites for hydroxylation is 1. The summed E-state index contributed by atoms with van der Waals surface area (Å²) in [6.45, 7) is 1.65. The zero-order valence-corrected chi connectivity index (χ0v) is 8.08. The Balaban J connectivity index is 2.25. The number of ether oxygens (including phenoxy) is 1. The SMILES string of the molecule is Cc1nc(O)nc(Oc2ccccc2)n1. The molecule has 0 amide bonds. The lowest BCUT2D eigenvalue weighted by atomic mass is 10.3. The highest BCUT2D eigenvalue weighted by molar-refractivity contribution is 5.24. The van der Waals surface area contributed by atoms with Crippen LogP contribution >= 0.6 is 0 Å². The molecule has 0 saturated carbocycles. The summed E-state index contributed by atoms with van der Waals surface area (Å²) in [4.78, 5) is 11.2. The molecule has 1 N–H and O–H groups in total. The standard InChI is InChI=1S/C10H9N3O2/c1-7-11-9(14)13-10(12-7)15-8-5-3-2-4-6-8/h2-6H,1H3,(H,11,12,13,14). The fourth-order valence-corrected chi connectivity index (χ4v) is 1.08. The van der Waals surface area contributed by atoms with Crippen LogP contribution < -0.4 is 4.74 Å². The highest BCUT2D eigenvalue weighted by Crippen LogP contribution is 2.17. The van der Waals surface area contributed by atoms with E-state index < -0.39 is 0 Å². The fraction of sp³-hybridized carbons (Fsp3) is 0.100. The van der Waals surface area contributed by atoms with Gasteiger partial charge in [0.15, 0.2) is 0 Å². The Morgan fingerprint density at radius 2 is 1.80 bits per heavy atom. The number of nitrogens with zero attached hydrogens (tertiary/aromatic N) is 3. The number of para-hydroxylation sites is 1. The van der Waals surface area contributed by atoms with Crippen molar-refractivity contribution in [1.29, 1.82) is 0 Å². The van der Waals surface area contributed by atoms with Crippen molar-refractivity contribution in [2.45, 2.75) is 6.92 Å². The molecule has 0 bridgehead atoms. The summed E-state index contributed by atoms with van der Waals surface area (Å²) in [5.74, 6) is 1.02. The maximum atomic E-state index is 9.13. The molecule has 1 aromatic heterocycles. The maximum Gasteiger partial charge on any atom is 0.328 e. The van der Waals surface area contributed by atoms with Crippen molar-refractivity contribution < 1.29 is 9.84 Å². The molecule has 2 rings (SSSR count). The predicted octanol–water partition coefficient (Wildman–Crippen LogP) is 1.68. The second-order valence-corrected chi connectivity index (χ2v) is 2.88. The summed E-state index contributed by atoms with van der Waals surface area (Å²) >= 11 is 0. The van der Waals surface area contributed by atoms with Gasteiger partial charge in [-0.05, 0) is 19.1 Å². The van der Waals surface area contributed by atoms with E-state index in [9.17, 15) is 0 Å². The Hall–Kier alpha value is -2.17. The van der Waals surface area contributed by atoms with Crippen molar-refractivity contribution in [3.8, 4) is 17.8 Å². The minimum Gasteiger partial charge on any atom is -0.479 e. The minimum atomic E-state index is -0.339. The molecule has 15 heavy (non-hydrogen) atoms. The quantitative estimate of drug-likeness (QED) is 0.804. The van der Waals surface area contributed by atoms with Crippen molar-refractivity contribution in [1.82, 2.24) is 15.0 Å². The van der Waals surface area contributed by atoms with Crippen LogP contribution in [0.3, 0.4) is 0 Å². The van der Waals surface area contributed by atoms with Gasteiger partial charge in [-0.15, -0.1) is 4.98 Å². The maximum absolute atomic E-state index is 9.13. The van der Waals surface area contributed by atoms with Gasteiger partial charge in [-0.25, -0.2) is 0 Å². The molecule has 5 heteroatoms. The lowest BCUT2D eigenvalue weighted by Crippen LogP contribution is -1.96. The van der Waals surface area contributed by atoms with Gasteiger partial charge in [0, 0.05) is 0 Å². The first-order valence-corrected chi connectivity index (χ1v) is 4.38. The third kappa shape index (κ3) is 2.40. The molecule has 0 saturated heterocycles. The Morgan fingerprint density at radius 3 is 2.47 bits per heavy atom. The van der Waals surface area contributed by atoms with E-state index in [1.54, 1.807) is 19.1 Å². The van der Waals surface area contributed by atoms with E-state index >= 15 is 0 Å². The predicted molar refractivity (Wildman–Crippen MR) is 52.7 cm³/mol. The third-order valence-corrected chi connectivity index (χ3v) is 1.67. The Labute approximate surface area is 86.4 Å². The van der Waals surface area contributed by atoms with E-state index in [1.807, 2.05) is 18.2 Å². The fourth-order valence-electron chi connectivity index (χ4n) is 1.08. The second kappa shape index (κ2) is 3.91. The van der Waals surface area contributed by atoms with Gasteiger partial charge in [0.1, 0.15) is 11.6 Å². The second-order valence-electron chi connectivity index (χ2n) is 2.88. The van der Waals surface area contributed by atoms with Gasteiger partial charge < -0.3 is 9.84 Å². The van der Waals surface area contributed by atoms with Crippen molar-refractivity contribution in [3.05, 3.63) is 36.2 Å². The van der Waals surface area contributed by atoms with Gasteiger partial charge >= 0.3 is 12.0 Å². The van der Waals surface area contributed by atoms with E-state index in [4.69, 9.17) is 9.84 Å². The number of rotatable bonds is 2. The zero-order chi connectivity index (χ0) is 10.7. The van der Waals surface area contributed by atoms with Crippen molar-refractivity contribution in [2.75, 3.05) is 0 Å². The van der Waals surface area contributed by atoms with Crippen LogP contribution in [0, 0.1) is 6.92 Å². The molecule has 0 spiro atoms. The Morgan fingerprint density at radius 1 is 1.07 bits per heavy atom. The zero-order valence-electron chi connectivity index (χ0n) is 8.08. The number of aromatic hydroxyl groups is 1. The molecule has 0 aliphatic carbocycles. The van der Waals surface area contributed by atoms with Crippen LogP contribution in [-0.2, 0) is 0 Å². The molecular weight excluding hydrogens is 194 g/mol. The van der Waals surface area contributed by atoms with Gasteiger partial charge in [0.05, 0.1) is 0 Å². The first-order valence-electron chi connectivity index (χ1n) is 4.38. The van der Waals surface area contributed by atoms with Gasteiger partial charge in [-0.3, -0.25) is 0 Å². The molecule has 0 unspecified atom stereocenters. The number of benzene rings is 1.